The molecular weight excluding hydrogens is 500 g/mol. The van der Waals surface area contributed by atoms with Crippen molar-refractivity contribution in [2.45, 2.75) is 52.5 Å². The zero-order valence-electron chi connectivity index (χ0n) is 23.3. The van der Waals surface area contributed by atoms with Crippen LogP contribution in [0.2, 0.25) is 0 Å². The van der Waals surface area contributed by atoms with Gasteiger partial charge >= 0.3 is 0 Å². The Bertz CT molecular complexity index is 1550. The van der Waals surface area contributed by atoms with Gasteiger partial charge < -0.3 is 20.7 Å². The van der Waals surface area contributed by atoms with E-state index in [1.807, 2.05) is 55.5 Å². The molecule has 2 aliphatic rings. The Kier molecular flexibility index (Phi) is 7.11. The van der Waals surface area contributed by atoms with Crippen LogP contribution in [-0.4, -0.2) is 40.0 Å². The fourth-order valence-electron chi connectivity index (χ4n) is 5.53. The van der Waals surface area contributed by atoms with E-state index in [9.17, 15) is 4.79 Å². The van der Waals surface area contributed by atoms with Crippen molar-refractivity contribution in [1.29, 1.82) is 0 Å². The molecule has 1 amide bonds. The molecule has 6 rings (SSSR count). The number of carbonyl (C=O) groups excluding carboxylic acids is 1. The highest BCUT2D eigenvalue weighted by molar-refractivity contribution is 6.04. The van der Waals surface area contributed by atoms with E-state index >= 15 is 0 Å². The number of amides is 1. The summed E-state index contributed by atoms with van der Waals surface area (Å²) in [5, 5.41) is 11.9. The van der Waals surface area contributed by atoms with Gasteiger partial charge in [-0.15, -0.1) is 0 Å². The van der Waals surface area contributed by atoms with E-state index in [-0.39, 0.29) is 11.3 Å². The molecule has 0 bridgehead atoms. The lowest BCUT2D eigenvalue weighted by molar-refractivity contribution is -0.116. The molecule has 1 saturated heterocycles. The lowest BCUT2D eigenvalue weighted by Gasteiger charge is -2.23. The maximum atomic E-state index is 12.8. The number of hydrogen-bond acceptors (Lipinski definition) is 7. The van der Waals surface area contributed by atoms with Crippen molar-refractivity contribution in [2.24, 2.45) is 11.3 Å². The smallest absolute Gasteiger partial charge is 0.228 e. The van der Waals surface area contributed by atoms with Crippen molar-refractivity contribution in [3.8, 4) is 22.9 Å². The van der Waals surface area contributed by atoms with E-state index in [4.69, 9.17) is 9.72 Å². The van der Waals surface area contributed by atoms with Gasteiger partial charge in [-0.25, -0.2) is 15.0 Å². The molecule has 8 heteroatoms. The number of nitrogens with one attached hydrogen (secondary N) is 3. The fraction of sp³-hybridized carbons (Fsp3) is 0.375. The number of hydrogen-bond donors (Lipinski definition) is 3. The number of carbonyl (C=O) groups is 1. The van der Waals surface area contributed by atoms with Gasteiger partial charge in [0.25, 0.3) is 0 Å². The second-order valence-corrected chi connectivity index (χ2v) is 11.7. The van der Waals surface area contributed by atoms with Crippen LogP contribution in [0.25, 0.3) is 22.0 Å². The number of rotatable bonds is 8. The van der Waals surface area contributed by atoms with Crippen molar-refractivity contribution < 1.29 is 9.53 Å². The molecule has 2 fully saturated rings. The minimum absolute atomic E-state index is 0.0512. The molecule has 0 radical (unpaired) electrons. The lowest BCUT2D eigenvalue weighted by Crippen LogP contribution is -2.38. The highest BCUT2D eigenvalue weighted by Gasteiger charge is 2.46. The molecule has 3 heterocycles. The van der Waals surface area contributed by atoms with Gasteiger partial charge in [-0.1, -0.05) is 38.1 Å². The molecule has 1 aliphatic heterocycles. The number of aromatic nitrogens is 3. The Hall–Kier alpha value is -4.04. The van der Waals surface area contributed by atoms with Crippen molar-refractivity contribution in [2.75, 3.05) is 23.7 Å². The predicted octanol–water partition coefficient (Wildman–Crippen LogP) is 6.33. The summed E-state index contributed by atoms with van der Waals surface area (Å²) in [6, 6.07) is 16.0. The second-order valence-electron chi connectivity index (χ2n) is 11.7. The summed E-state index contributed by atoms with van der Waals surface area (Å²) < 4.78 is 6.55. The number of nitrogens with zero attached hydrogens (tertiary/aromatic N) is 3. The van der Waals surface area contributed by atoms with Gasteiger partial charge in [-0.3, -0.25) is 4.79 Å². The Balaban J connectivity index is 1.28. The summed E-state index contributed by atoms with van der Waals surface area (Å²) in [5.74, 6) is 2.26. The highest BCUT2D eigenvalue weighted by Crippen LogP contribution is 2.53. The third-order valence-electron chi connectivity index (χ3n) is 8.16. The number of anilines is 2. The number of ether oxygens (including phenoxy) is 1. The Labute approximate surface area is 235 Å². The minimum Gasteiger partial charge on any atom is -0.437 e. The van der Waals surface area contributed by atoms with Crippen molar-refractivity contribution in [1.82, 2.24) is 20.3 Å². The van der Waals surface area contributed by atoms with Gasteiger partial charge in [0.1, 0.15) is 5.75 Å². The van der Waals surface area contributed by atoms with Crippen LogP contribution in [0.5, 0.6) is 11.6 Å². The zero-order chi connectivity index (χ0) is 27.7. The Morgan fingerprint density at radius 1 is 1.07 bits per heavy atom. The van der Waals surface area contributed by atoms with Gasteiger partial charge in [0, 0.05) is 47.9 Å². The first-order valence-corrected chi connectivity index (χ1v) is 14.1. The van der Waals surface area contributed by atoms with Gasteiger partial charge in [-0.2, -0.15) is 0 Å². The quantitative estimate of drug-likeness (QED) is 0.242. The molecule has 4 aromatic rings. The molecule has 40 heavy (non-hydrogen) atoms. The number of piperidine rings is 1. The first-order valence-electron chi connectivity index (χ1n) is 14.1. The van der Waals surface area contributed by atoms with Crippen LogP contribution in [0, 0.1) is 18.3 Å². The summed E-state index contributed by atoms with van der Waals surface area (Å²) in [7, 11) is 0. The Morgan fingerprint density at radius 2 is 1.95 bits per heavy atom. The van der Waals surface area contributed by atoms with Gasteiger partial charge in [0.15, 0.2) is 0 Å². The molecule has 0 unspecified atom stereocenters. The summed E-state index contributed by atoms with van der Waals surface area (Å²) in [4.78, 5) is 26.6. The van der Waals surface area contributed by atoms with Crippen LogP contribution in [-0.2, 0) is 4.79 Å². The van der Waals surface area contributed by atoms with Crippen LogP contribution in [0.1, 0.15) is 45.1 Å². The van der Waals surface area contributed by atoms with E-state index in [1.54, 1.807) is 12.4 Å². The van der Waals surface area contributed by atoms with E-state index in [0.29, 0.717) is 36.0 Å². The maximum absolute atomic E-state index is 12.8. The molecule has 2 aromatic carbocycles. The van der Waals surface area contributed by atoms with Crippen molar-refractivity contribution in [3.63, 3.8) is 0 Å². The molecule has 206 valence electrons. The molecule has 1 saturated carbocycles. The molecule has 2 aromatic heterocycles. The van der Waals surface area contributed by atoms with Gasteiger partial charge in [0.2, 0.25) is 17.7 Å². The molecule has 0 spiro atoms. The Morgan fingerprint density at radius 3 is 2.75 bits per heavy atom. The highest BCUT2D eigenvalue weighted by atomic mass is 16.5. The summed E-state index contributed by atoms with van der Waals surface area (Å²) in [6.45, 7) is 8.40. The fourth-order valence-corrected chi connectivity index (χ4v) is 5.53. The third kappa shape index (κ3) is 5.63. The van der Waals surface area contributed by atoms with Crippen LogP contribution in [0.15, 0.2) is 60.9 Å². The van der Waals surface area contributed by atoms with Crippen LogP contribution < -0.4 is 20.7 Å². The molecule has 3 N–H and O–H groups in total. The van der Waals surface area contributed by atoms with E-state index < -0.39 is 0 Å². The van der Waals surface area contributed by atoms with Crippen molar-refractivity contribution in [3.05, 3.63) is 66.5 Å². The largest absolute Gasteiger partial charge is 0.437 e. The average molecular weight is 537 g/mol. The monoisotopic (exact) mass is 536 g/mol. The minimum atomic E-state index is 0.0512. The average Bonchev–Trinajstić information content (AvgIpc) is 3.56. The lowest BCUT2D eigenvalue weighted by atomic mass is 10.0. The third-order valence-corrected chi connectivity index (χ3v) is 8.16. The summed E-state index contributed by atoms with van der Waals surface area (Å²) >= 11 is 0. The zero-order valence-corrected chi connectivity index (χ0v) is 23.3. The first-order chi connectivity index (χ1) is 19.4. The standard InChI is InChI=1S/C32H36N6O2/c1-20-11-12-23-24(8-4-10-26(23)37-28(39)17-21-18-32(21,2)3)29(20)40-30-25(9-6-15-34-30)27-13-16-35-31(38-27)36-22-7-5-14-33-19-22/h4,6,8-13,15-16,21-22,33H,5,7,14,17-19H2,1-3H3,(H,37,39)(H,35,36,38)/t21-,22+/m1/s1. The van der Waals surface area contributed by atoms with Crippen LogP contribution >= 0.6 is 0 Å². The normalized spacial score (nSPS) is 19.7. The number of pyridine rings is 1. The summed E-state index contributed by atoms with van der Waals surface area (Å²) in [5.41, 5.74) is 3.54. The van der Waals surface area contributed by atoms with E-state index in [2.05, 4.69) is 39.8 Å². The maximum Gasteiger partial charge on any atom is 0.228 e. The van der Waals surface area contributed by atoms with Gasteiger partial charge in [0.05, 0.1) is 11.3 Å². The van der Waals surface area contributed by atoms with Crippen LogP contribution in [0.4, 0.5) is 11.6 Å². The predicted molar refractivity (Wildman–Crippen MR) is 159 cm³/mol. The van der Waals surface area contributed by atoms with E-state index in [0.717, 1.165) is 65.6 Å². The van der Waals surface area contributed by atoms with E-state index in [1.165, 1.54) is 0 Å². The number of aryl methyl sites for hydroxylation is 1. The molecular formula is C32H36N6O2. The first kappa shape index (κ1) is 26.2. The topological polar surface area (TPSA) is 101 Å². The summed E-state index contributed by atoms with van der Waals surface area (Å²) in [6.07, 6.45) is 7.34. The number of fused-ring (bicyclic) bond motifs is 1. The molecule has 2 atom stereocenters. The molecule has 1 aliphatic carbocycles. The van der Waals surface area contributed by atoms with Crippen LogP contribution in [0.3, 0.4) is 0 Å². The van der Waals surface area contributed by atoms with Gasteiger partial charge in [-0.05, 0) is 73.9 Å². The molecule has 8 nitrogen and oxygen atoms in total. The van der Waals surface area contributed by atoms with Crippen molar-refractivity contribution >= 4 is 28.3 Å². The second kappa shape index (κ2) is 10.8. The number of benzene rings is 2. The SMILES string of the molecule is Cc1ccc2c(NC(=O)C[C@@H]3CC3(C)C)cccc2c1Oc1ncccc1-c1ccnc(N[C@H]2CCCNC2)n1.